The van der Waals surface area contributed by atoms with Gasteiger partial charge in [-0.3, -0.25) is 9.48 Å². The van der Waals surface area contributed by atoms with E-state index in [9.17, 15) is 4.79 Å². The number of hydrogen-bond donors (Lipinski definition) is 0. The average Bonchev–Trinajstić information content (AvgIpc) is 3.11. The minimum absolute atomic E-state index is 0.0404. The molecule has 1 amide bonds. The Hall–Kier alpha value is -1.07. The van der Waals surface area contributed by atoms with E-state index in [1.165, 1.54) is 19.3 Å². The van der Waals surface area contributed by atoms with Crippen molar-refractivity contribution in [3.05, 3.63) is 16.4 Å². The Balaban J connectivity index is 1.65. The zero-order valence-corrected chi connectivity index (χ0v) is 14.8. The van der Waals surface area contributed by atoms with Crippen molar-refractivity contribution in [1.82, 2.24) is 14.7 Å². The first-order chi connectivity index (χ1) is 11.1. The van der Waals surface area contributed by atoms with Crippen LogP contribution in [0.5, 0.6) is 0 Å². The minimum Gasteiger partial charge on any atom is -0.368 e. The highest BCUT2D eigenvalue weighted by Crippen LogP contribution is 2.37. The van der Waals surface area contributed by atoms with E-state index in [1.807, 2.05) is 18.9 Å². The molecule has 1 aliphatic carbocycles. The lowest BCUT2D eigenvalue weighted by Crippen LogP contribution is -2.35. The smallest absolute Gasteiger partial charge is 0.249 e. The number of rotatable bonds is 4. The monoisotopic (exact) mass is 339 g/mol. The van der Waals surface area contributed by atoms with Crippen molar-refractivity contribution in [3.63, 3.8) is 0 Å². The predicted molar refractivity (Wildman–Crippen MR) is 89.5 cm³/mol. The summed E-state index contributed by atoms with van der Waals surface area (Å²) >= 11 is 6.39. The Bertz CT molecular complexity index is 566. The molecule has 0 spiro atoms. The molecule has 23 heavy (non-hydrogen) atoms. The van der Waals surface area contributed by atoms with Crippen LogP contribution in [-0.4, -0.2) is 39.8 Å². The topological polar surface area (TPSA) is 47.4 Å². The molecule has 3 rings (SSSR count). The van der Waals surface area contributed by atoms with Gasteiger partial charge < -0.3 is 9.64 Å². The fourth-order valence-corrected chi connectivity index (χ4v) is 4.19. The van der Waals surface area contributed by atoms with Crippen LogP contribution in [-0.2, 0) is 16.6 Å². The van der Waals surface area contributed by atoms with Gasteiger partial charge in [-0.15, -0.1) is 0 Å². The maximum Gasteiger partial charge on any atom is 0.249 e. The molecule has 1 saturated heterocycles. The number of ether oxygens (including phenoxy) is 1. The first kappa shape index (κ1) is 16.8. The van der Waals surface area contributed by atoms with Gasteiger partial charge in [0.2, 0.25) is 5.91 Å². The van der Waals surface area contributed by atoms with Crippen molar-refractivity contribution in [1.29, 1.82) is 0 Å². The van der Waals surface area contributed by atoms with E-state index in [2.05, 4.69) is 5.10 Å². The van der Waals surface area contributed by atoms with Crippen molar-refractivity contribution in [2.24, 2.45) is 7.05 Å². The molecular weight excluding hydrogens is 314 g/mol. The van der Waals surface area contributed by atoms with E-state index < -0.39 is 0 Å². The maximum absolute atomic E-state index is 12.6. The van der Waals surface area contributed by atoms with E-state index in [0.717, 1.165) is 43.5 Å². The van der Waals surface area contributed by atoms with Gasteiger partial charge in [0.25, 0.3) is 0 Å². The van der Waals surface area contributed by atoms with Gasteiger partial charge >= 0.3 is 0 Å². The molecule has 0 radical (unpaired) electrons. The average molecular weight is 340 g/mol. The lowest BCUT2D eigenvalue weighted by Gasteiger charge is -2.27. The van der Waals surface area contributed by atoms with E-state index in [0.29, 0.717) is 5.15 Å². The van der Waals surface area contributed by atoms with Crippen LogP contribution in [0.3, 0.4) is 0 Å². The zero-order valence-electron chi connectivity index (χ0n) is 14.1. The minimum atomic E-state index is 0.0404. The summed E-state index contributed by atoms with van der Waals surface area (Å²) < 4.78 is 7.55. The second-order valence-corrected chi connectivity index (χ2v) is 7.09. The highest BCUT2D eigenvalue weighted by atomic mass is 35.5. The predicted octanol–water partition coefficient (Wildman–Crippen LogP) is 3.39. The number of likely N-dealkylation sites (tertiary alicyclic amines) is 1. The Labute approximate surface area is 142 Å². The van der Waals surface area contributed by atoms with Gasteiger partial charge in [0.15, 0.2) is 0 Å². The molecule has 128 valence electrons. The molecule has 1 saturated carbocycles. The van der Waals surface area contributed by atoms with Gasteiger partial charge in [0.05, 0.1) is 17.8 Å². The largest absolute Gasteiger partial charge is 0.368 e. The quantitative estimate of drug-likeness (QED) is 0.844. The molecule has 0 aromatic carbocycles. The molecule has 5 nitrogen and oxygen atoms in total. The van der Waals surface area contributed by atoms with Crippen molar-refractivity contribution < 1.29 is 9.53 Å². The summed E-state index contributed by atoms with van der Waals surface area (Å²) in [6.45, 7) is 2.93. The maximum atomic E-state index is 12.6. The Kier molecular flexibility index (Phi) is 5.27. The fraction of sp³-hybridized carbons (Fsp3) is 0.765. The summed E-state index contributed by atoms with van der Waals surface area (Å²) in [6, 6.07) is 0.0404. The van der Waals surface area contributed by atoms with Crippen molar-refractivity contribution in [3.8, 4) is 0 Å². The number of amides is 1. The van der Waals surface area contributed by atoms with Crippen LogP contribution < -0.4 is 0 Å². The van der Waals surface area contributed by atoms with Crippen molar-refractivity contribution >= 4 is 17.5 Å². The van der Waals surface area contributed by atoms with Crippen LogP contribution in [0.25, 0.3) is 0 Å². The SMILES string of the molecule is Cc1nn(C)c(Cl)c1[C@@H]1CCCN1C(=O)COC1CCCCC1. The third-order valence-corrected chi connectivity index (χ3v) is 5.55. The zero-order chi connectivity index (χ0) is 16.4. The molecule has 0 bridgehead atoms. The number of halogens is 1. The lowest BCUT2D eigenvalue weighted by atomic mass is 9.98. The molecule has 1 aromatic rings. The summed E-state index contributed by atoms with van der Waals surface area (Å²) in [5.74, 6) is 0.0809. The van der Waals surface area contributed by atoms with Crippen LogP contribution in [0.1, 0.15) is 62.2 Å². The van der Waals surface area contributed by atoms with Gasteiger partial charge in [-0.25, -0.2) is 0 Å². The number of nitrogens with zero attached hydrogens (tertiary/aromatic N) is 3. The third kappa shape index (κ3) is 3.56. The summed E-state index contributed by atoms with van der Waals surface area (Å²) in [5.41, 5.74) is 1.91. The van der Waals surface area contributed by atoms with Gasteiger partial charge in [-0.1, -0.05) is 30.9 Å². The van der Waals surface area contributed by atoms with E-state index in [-0.39, 0.29) is 24.7 Å². The van der Waals surface area contributed by atoms with E-state index >= 15 is 0 Å². The highest BCUT2D eigenvalue weighted by Gasteiger charge is 2.34. The molecule has 2 fully saturated rings. The molecule has 1 aliphatic heterocycles. The number of aromatic nitrogens is 2. The van der Waals surface area contributed by atoms with Gasteiger partial charge in [0.1, 0.15) is 11.8 Å². The van der Waals surface area contributed by atoms with Crippen LogP contribution >= 0.6 is 11.6 Å². The molecule has 1 atom stereocenters. The fourth-order valence-electron chi connectivity index (χ4n) is 3.89. The normalized spacial score (nSPS) is 22.7. The standard InChI is InChI=1S/C17H26ClN3O2/c1-12-16(17(18)20(2)19-12)14-9-6-10-21(14)15(22)11-23-13-7-4-3-5-8-13/h13-14H,3-11H2,1-2H3/t14-/m0/s1. The summed E-state index contributed by atoms with van der Waals surface area (Å²) in [5, 5.41) is 5.02. The summed E-state index contributed by atoms with van der Waals surface area (Å²) in [7, 11) is 1.84. The first-order valence-corrected chi connectivity index (χ1v) is 9.05. The highest BCUT2D eigenvalue weighted by molar-refractivity contribution is 6.30. The number of carbonyl (C=O) groups excluding carboxylic acids is 1. The van der Waals surface area contributed by atoms with Crippen molar-refractivity contribution in [2.75, 3.05) is 13.2 Å². The van der Waals surface area contributed by atoms with Crippen LogP contribution in [0, 0.1) is 6.92 Å². The van der Waals surface area contributed by atoms with E-state index in [4.69, 9.17) is 16.3 Å². The van der Waals surface area contributed by atoms with Gasteiger partial charge in [-0.05, 0) is 32.6 Å². The molecule has 0 N–H and O–H groups in total. The molecule has 2 aliphatic rings. The molecule has 0 unspecified atom stereocenters. The molecule has 6 heteroatoms. The van der Waals surface area contributed by atoms with Crippen molar-refractivity contribution in [2.45, 2.75) is 64.0 Å². The number of aryl methyl sites for hydroxylation is 2. The van der Waals surface area contributed by atoms with Gasteiger partial charge in [0, 0.05) is 19.2 Å². The Morgan fingerprint density at radius 1 is 1.26 bits per heavy atom. The first-order valence-electron chi connectivity index (χ1n) is 8.68. The van der Waals surface area contributed by atoms with E-state index in [1.54, 1.807) is 4.68 Å². The lowest BCUT2D eigenvalue weighted by molar-refractivity contribution is -0.139. The Morgan fingerprint density at radius 3 is 2.65 bits per heavy atom. The number of carbonyl (C=O) groups is 1. The Morgan fingerprint density at radius 2 is 2.00 bits per heavy atom. The van der Waals surface area contributed by atoms with Crippen LogP contribution in [0.2, 0.25) is 5.15 Å². The second kappa shape index (κ2) is 7.22. The van der Waals surface area contributed by atoms with Crippen LogP contribution in [0.4, 0.5) is 0 Å². The summed E-state index contributed by atoms with van der Waals surface area (Å²) in [6.07, 6.45) is 8.12. The number of hydrogen-bond acceptors (Lipinski definition) is 3. The third-order valence-electron chi connectivity index (χ3n) is 5.10. The molecular formula is C17H26ClN3O2. The second-order valence-electron chi connectivity index (χ2n) is 6.73. The molecule has 2 heterocycles. The van der Waals surface area contributed by atoms with Crippen LogP contribution in [0.15, 0.2) is 0 Å². The molecule has 1 aromatic heterocycles. The van der Waals surface area contributed by atoms with Gasteiger partial charge in [-0.2, -0.15) is 5.10 Å². The summed E-state index contributed by atoms with van der Waals surface area (Å²) in [4.78, 5) is 14.6.